The van der Waals surface area contributed by atoms with E-state index in [-0.39, 0.29) is 31.1 Å². The fourth-order valence-corrected chi connectivity index (χ4v) is 9.14. The van der Waals surface area contributed by atoms with Crippen LogP contribution in [0.1, 0.15) is 330 Å². The summed E-state index contributed by atoms with van der Waals surface area (Å²) in [7, 11) is 0. The zero-order chi connectivity index (χ0) is 48.4. The van der Waals surface area contributed by atoms with Gasteiger partial charge in [-0.1, -0.05) is 292 Å². The molecular formula is C60H116O6. The first-order valence-corrected chi connectivity index (χ1v) is 29.6. The van der Waals surface area contributed by atoms with Crippen LogP contribution in [0, 0.1) is 17.8 Å². The number of esters is 3. The standard InChI is InChI=1S/C60H116O6/c1-7-56(6)48-42-36-30-26-27-32-38-44-50-59(62)65-53-57(52-64-58(61)49-43-37-31-24-20-17-16-19-23-29-35-41-47-55(4)5)66-60(63)51-45-39-33-25-21-15-13-11-9-8-10-12-14-18-22-28-34-40-46-54(2)3/h54-57H,7-53H2,1-6H3/t56?,57-/m1/s1. The van der Waals surface area contributed by atoms with E-state index in [2.05, 4.69) is 41.5 Å². The second kappa shape index (κ2) is 51.3. The van der Waals surface area contributed by atoms with Crippen LogP contribution in [-0.2, 0) is 28.6 Å². The monoisotopic (exact) mass is 933 g/mol. The lowest BCUT2D eigenvalue weighted by Crippen LogP contribution is -2.30. The Hall–Kier alpha value is -1.59. The van der Waals surface area contributed by atoms with Gasteiger partial charge in [-0.15, -0.1) is 0 Å². The first kappa shape index (κ1) is 64.4. The van der Waals surface area contributed by atoms with Gasteiger partial charge >= 0.3 is 17.9 Å². The largest absolute Gasteiger partial charge is 0.462 e. The Kier molecular flexibility index (Phi) is 50.0. The van der Waals surface area contributed by atoms with Gasteiger partial charge < -0.3 is 14.2 Å². The zero-order valence-corrected chi connectivity index (χ0v) is 45.5. The molecule has 0 saturated heterocycles. The maximum atomic E-state index is 12.9. The number of ether oxygens (including phenoxy) is 3. The van der Waals surface area contributed by atoms with Crippen LogP contribution in [0.3, 0.4) is 0 Å². The fraction of sp³-hybridized carbons (Fsp3) is 0.950. The third-order valence-electron chi connectivity index (χ3n) is 14.0. The Balaban J connectivity index is 4.26. The van der Waals surface area contributed by atoms with Crippen molar-refractivity contribution in [2.24, 2.45) is 17.8 Å². The van der Waals surface area contributed by atoms with Gasteiger partial charge in [0.2, 0.25) is 0 Å². The number of hydrogen-bond donors (Lipinski definition) is 0. The first-order chi connectivity index (χ1) is 32.1. The minimum absolute atomic E-state index is 0.0638. The van der Waals surface area contributed by atoms with Crippen molar-refractivity contribution in [3.05, 3.63) is 0 Å². The molecule has 0 spiro atoms. The molecule has 0 N–H and O–H groups in total. The fourth-order valence-electron chi connectivity index (χ4n) is 9.14. The van der Waals surface area contributed by atoms with Crippen molar-refractivity contribution in [2.75, 3.05) is 13.2 Å². The molecule has 0 bridgehead atoms. The molecule has 0 aliphatic carbocycles. The minimum atomic E-state index is -0.764. The molecule has 0 heterocycles. The van der Waals surface area contributed by atoms with E-state index in [0.717, 1.165) is 75.5 Å². The quantitative estimate of drug-likeness (QED) is 0.0343. The third-order valence-corrected chi connectivity index (χ3v) is 14.0. The molecule has 0 aromatic heterocycles. The lowest BCUT2D eigenvalue weighted by Gasteiger charge is -2.18. The summed E-state index contributed by atoms with van der Waals surface area (Å²) in [6, 6.07) is 0. The van der Waals surface area contributed by atoms with Gasteiger partial charge in [0.25, 0.3) is 0 Å². The van der Waals surface area contributed by atoms with Crippen LogP contribution < -0.4 is 0 Å². The van der Waals surface area contributed by atoms with Crippen molar-refractivity contribution in [1.29, 1.82) is 0 Å². The van der Waals surface area contributed by atoms with Crippen LogP contribution in [0.5, 0.6) is 0 Å². The highest BCUT2D eigenvalue weighted by Crippen LogP contribution is 2.19. The van der Waals surface area contributed by atoms with E-state index in [4.69, 9.17) is 14.2 Å². The maximum Gasteiger partial charge on any atom is 0.306 e. The summed E-state index contributed by atoms with van der Waals surface area (Å²) in [5.74, 6) is 1.70. The highest BCUT2D eigenvalue weighted by molar-refractivity contribution is 5.71. The Labute approximate surface area is 412 Å². The number of carbonyl (C=O) groups excluding carboxylic acids is 3. The average molecular weight is 934 g/mol. The highest BCUT2D eigenvalue weighted by Gasteiger charge is 2.19. The van der Waals surface area contributed by atoms with Crippen LogP contribution >= 0.6 is 0 Å². The van der Waals surface area contributed by atoms with Crippen LogP contribution in [0.4, 0.5) is 0 Å². The molecule has 0 aromatic carbocycles. The SMILES string of the molecule is CCC(C)CCCCCCCCCCC(=O)OC[C@@H](COC(=O)CCCCCCCCCCCCCCC(C)C)OC(=O)CCCCCCCCCCCCCCCCCCCCC(C)C. The van der Waals surface area contributed by atoms with E-state index >= 15 is 0 Å². The van der Waals surface area contributed by atoms with E-state index in [1.54, 1.807) is 0 Å². The second-order valence-corrected chi connectivity index (χ2v) is 21.8. The molecule has 1 unspecified atom stereocenters. The average Bonchev–Trinajstić information content (AvgIpc) is 3.29. The van der Waals surface area contributed by atoms with E-state index in [9.17, 15) is 14.4 Å². The van der Waals surface area contributed by atoms with Crippen molar-refractivity contribution < 1.29 is 28.6 Å². The van der Waals surface area contributed by atoms with E-state index in [1.807, 2.05) is 0 Å². The lowest BCUT2D eigenvalue weighted by atomic mass is 9.99. The molecule has 0 saturated carbocycles. The number of rotatable bonds is 53. The van der Waals surface area contributed by atoms with E-state index in [1.165, 1.54) is 212 Å². The maximum absolute atomic E-state index is 12.9. The number of hydrogen-bond acceptors (Lipinski definition) is 6. The Morgan fingerprint density at radius 3 is 0.788 bits per heavy atom. The van der Waals surface area contributed by atoms with Gasteiger partial charge in [-0.25, -0.2) is 0 Å². The minimum Gasteiger partial charge on any atom is -0.462 e. The summed E-state index contributed by atoms with van der Waals surface area (Å²) >= 11 is 0. The third kappa shape index (κ3) is 51.8. The van der Waals surface area contributed by atoms with Gasteiger partial charge in [-0.3, -0.25) is 14.4 Å². The highest BCUT2D eigenvalue weighted by atomic mass is 16.6. The summed E-state index contributed by atoms with van der Waals surface area (Å²) < 4.78 is 16.9. The molecule has 6 heteroatoms. The number of carbonyl (C=O) groups is 3. The summed E-state index contributed by atoms with van der Waals surface area (Å²) in [6.07, 6.45) is 53.8. The molecule has 0 rings (SSSR count). The predicted octanol–water partition coefficient (Wildman–Crippen LogP) is 19.5. The molecule has 0 aromatic rings. The van der Waals surface area contributed by atoms with Gasteiger partial charge in [0, 0.05) is 19.3 Å². The van der Waals surface area contributed by atoms with Crippen LogP contribution in [0.15, 0.2) is 0 Å². The second-order valence-electron chi connectivity index (χ2n) is 21.8. The topological polar surface area (TPSA) is 78.9 Å². The zero-order valence-electron chi connectivity index (χ0n) is 45.5. The van der Waals surface area contributed by atoms with Crippen molar-refractivity contribution in [2.45, 2.75) is 337 Å². The predicted molar refractivity (Wildman–Crippen MR) is 284 cm³/mol. The molecule has 6 nitrogen and oxygen atoms in total. The van der Waals surface area contributed by atoms with Gasteiger partial charge in [-0.2, -0.15) is 0 Å². The van der Waals surface area contributed by atoms with Gasteiger partial charge in [0.05, 0.1) is 0 Å². The van der Waals surface area contributed by atoms with Gasteiger partial charge in [0.1, 0.15) is 13.2 Å². The lowest BCUT2D eigenvalue weighted by molar-refractivity contribution is -0.167. The number of unbranched alkanes of at least 4 members (excludes halogenated alkanes) is 35. The smallest absolute Gasteiger partial charge is 0.306 e. The van der Waals surface area contributed by atoms with E-state index < -0.39 is 6.10 Å². The normalized spacial score (nSPS) is 12.5. The molecule has 66 heavy (non-hydrogen) atoms. The van der Waals surface area contributed by atoms with Gasteiger partial charge in [-0.05, 0) is 37.0 Å². The first-order valence-electron chi connectivity index (χ1n) is 29.6. The van der Waals surface area contributed by atoms with Crippen molar-refractivity contribution in [3.8, 4) is 0 Å². The van der Waals surface area contributed by atoms with Crippen molar-refractivity contribution in [3.63, 3.8) is 0 Å². The molecule has 0 fully saturated rings. The van der Waals surface area contributed by atoms with Crippen LogP contribution in [0.2, 0.25) is 0 Å². The summed E-state index contributed by atoms with van der Waals surface area (Å²) in [6.45, 7) is 13.8. The molecule has 0 aliphatic heterocycles. The molecular weight excluding hydrogens is 817 g/mol. The van der Waals surface area contributed by atoms with Crippen molar-refractivity contribution >= 4 is 17.9 Å². The van der Waals surface area contributed by atoms with Crippen molar-refractivity contribution in [1.82, 2.24) is 0 Å². The van der Waals surface area contributed by atoms with Gasteiger partial charge in [0.15, 0.2) is 6.10 Å². The molecule has 2 atom stereocenters. The Bertz CT molecular complexity index is 1020. The summed E-state index contributed by atoms with van der Waals surface area (Å²) in [4.78, 5) is 38.1. The summed E-state index contributed by atoms with van der Waals surface area (Å²) in [5.41, 5.74) is 0. The molecule has 392 valence electrons. The molecule has 0 aliphatic rings. The van der Waals surface area contributed by atoms with Crippen LogP contribution in [0.25, 0.3) is 0 Å². The van der Waals surface area contributed by atoms with Crippen LogP contribution in [-0.4, -0.2) is 37.2 Å². The molecule has 0 radical (unpaired) electrons. The Morgan fingerprint density at radius 2 is 0.530 bits per heavy atom. The van der Waals surface area contributed by atoms with E-state index in [0.29, 0.717) is 19.3 Å². The Morgan fingerprint density at radius 1 is 0.303 bits per heavy atom. The molecule has 0 amide bonds. The summed E-state index contributed by atoms with van der Waals surface area (Å²) in [5, 5.41) is 0.